The van der Waals surface area contributed by atoms with Gasteiger partial charge < -0.3 is 4.74 Å². The van der Waals surface area contributed by atoms with E-state index in [4.69, 9.17) is 9.57 Å². The zero-order valence-corrected chi connectivity index (χ0v) is 10.0. The normalized spacial score (nSPS) is 14.2. The summed E-state index contributed by atoms with van der Waals surface area (Å²) in [5, 5.41) is 3.67. The van der Waals surface area contributed by atoms with Gasteiger partial charge in [0.15, 0.2) is 0 Å². The molecular weight excluding hydrogens is 236 g/mol. The minimum atomic E-state index is -0.427. The summed E-state index contributed by atoms with van der Waals surface area (Å²) in [4.78, 5) is 28.8. The van der Waals surface area contributed by atoms with Crippen molar-refractivity contribution < 1.29 is 19.2 Å². The highest BCUT2D eigenvalue weighted by molar-refractivity contribution is 6.20. The molecule has 1 aliphatic rings. The molecule has 2 amide bonds. The van der Waals surface area contributed by atoms with E-state index in [-0.39, 0.29) is 6.73 Å². The fraction of sp³-hybridized carbons (Fsp3) is 0.333. The van der Waals surface area contributed by atoms with Gasteiger partial charge in [-0.15, -0.1) is 5.06 Å². The molecular formula is C12H14N2O4. The number of nitrogens with one attached hydrogen (secondary N) is 1. The molecule has 0 atom stereocenters. The summed E-state index contributed by atoms with van der Waals surface area (Å²) >= 11 is 0. The second-order valence-corrected chi connectivity index (χ2v) is 3.72. The summed E-state index contributed by atoms with van der Waals surface area (Å²) in [5.41, 5.74) is 0.749. The fourth-order valence-corrected chi connectivity index (χ4v) is 1.64. The molecule has 96 valence electrons. The molecule has 1 aromatic rings. The van der Waals surface area contributed by atoms with E-state index in [1.807, 2.05) is 0 Å². The highest BCUT2D eigenvalue weighted by atomic mass is 16.7. The largest absolute Gasteiger partial charge is 0.383 e. The van der Waals surface area contributed by atoms with Crippen molar-refractivity contribution in [1.82, 2.24) is 10.4 Å². The summed E-state index contributed by atoms with van der Waals surface area (Å²) in [6.07, 6.45) is 0. The van der Waals surface area contributed by atoms with Gasteiger partial charge in [0.1, 0.15) is 6.73 Å². The van der Waals surface area contributed by atoms with E-state index in [0.29, 0.717) is 24.3 Å². The number of amides is 2. The lowest BCUT2D eigenvalue weighted by atomic mass is 10.1. The lowest BCUT2D eigenvalue weighted by Crippen LogP contribution is -2.35. The Kier molecular flexibility index (Phi) is 4.03. The summed E-state index contributed by atoms with van der Waals surface area (Å²) < 4.78 is 4.84. The van der Waals surface area contributed by atoms with Crippen LogP contribution in [0.5, 0.6) is 0 Å². The zero-order chi connectivity index (χ0) is 13.0. The number of rotatable bonds is 6. The van der Waals surface area contributed by atoms with Crippen LogP contribution in [0.3, 0.4) is 0 Å². The van der Waals surface area contributed by atoms with Crippen molar-refractivity contribution in [2.75, 3.05) is 27.0 Å². The van der Waals surface area contributed by atoms with Crippen molar-refractivity contribution in [3.8, 4) is 0 Å². The molecule has 2 rings (SSSR count). The lowest BCUT2D eigenvalue weighted by Gasteiger charge is -2.13. The monoisotopic (exact) mass is 250 g/mol. The van der Waals surface area contributed by atoms with Gasteiger partial charge in [-0.05, 0) is 12.1 Å². The Hall–Kier alpha value is -1.76. The number of hydrogen-bond acceptors (Lipinski definition) is 5. The van der Waals surface area contributed by atoms with Crippen molar-refractivity contribution in [2.45, 2.75) is 0 Å². The first kappa shape index (κ1) is 12.7. The highest BCUT2D eigenvalue weighted by Gasteiger charge is 2.36. The van der Waals surface area contributed by atoms with Crippen molar-refractivity contribution >= 4 is 11.8 Å². The zero-order valence-electron chi connectivity index (χ0n) is 10.0. The summed E-state index contributed by atoms with van der Waals surface area (Å²) in [6.45, 7) is 1.19. The lowest BCUT2D eigenvalue weighted by molar-refractivity contribution is -0.0981. The average Bonchev–Trinajstić information content (AvgIpc) is 2.64. The van der Waals surface area contributed by atoms with Crippen LogP contribution in [0.1, 0.15) is 20.7 Å². The third-order valence-electron chi connectivity index (χ3n) is 2.54. The van der Waals surface area contributed by atoms with E-state index < -0.39 is 11.8 Å². The third kappa shape index (κ3) is 2.40. The number of fused-ring (bicyclic) bond motifs is 1. The molecule has 6 heteroatoms. The maximum absolute atomic E-state index is 11.9. The number of benzene rings is 1. The van der Waals surface area contributed by atoms with E-state index in [9.17, 15) is 9.59 Å². The molecule has 18 heavy (non-hydrogen) atoms. The molecule has 1 N–H and O–H groups in total. The quantitative estimate of drug-likeness (QED) is 0.450. The third-order valence-corrected chi connectivity index (χ3v) is 2.54. The number of ether oxygens (including phenoxy) is 1. The minimum absolute atomic E-state index is 0.0782. The van der Waals surface area contributed by atoms with Gasteiger partial charge in [-0.2, -0.15) is 0 Å². The van der Waals surface area contributed by atoms with Gasteiger partial charge in [-0.25, -0.2) is 4.84 Å². The second kappa shape index (κ2) is 5.72. The van der Waals surface area contributed by atoms with E-state index >= 15 is 0 Å². The Morgan fingerprint density at radius 2 is 1.78 bits per heavy atom. The van der Waals surface area contributed by atoms with Crippen LogP contribution in [0.2, 0.25) is 0 Å². The molecule has 6 nitrogen and oxygen atoms in total. The van der Waals surface area contributed by atoms with Gasteiger partial charge in [-0.1, -0.05) is 12.1 Å². The van der Waals surface area contributed by atoms with Crippen LogP contribution in [0, 0.1) is 0 Å². The average molecular weight is 250 g/mol. The number of carbonyl (C=O) groups is 2. The van der Waals surface area contributed by atoms with E-state index in [0.717, 1.165) is 5.06 Å². The molecule has 0 aliphatic carbocycles. The number of hydroxylamine groups is 2. The maximum atomic E-state index is 11.9. The number of nitrogens with zero attached hydrogens (tertiary/aromatic N) is 1. The number of hydrogen-bond donors (Lipinski definition) is 1. The Labute approximate surface area is 104 Å². The number of methoxy groups -OCH3 is 1. The van der Waals surface area contributed by atoms with Crippen LogP contribution < -0.4 is 5.32 Å². The van der Waals surface area contributed by atoms with Crippen LogP contribution in [0.4, 0.5) is 0 Å². The highest BCUT2D eigenvalue weighted by Crippen LogP contribution is 2.22. The van der Waals surface area contributed by atoms with Crippen molar-refractivity contribution in [1.29, 1.82) is 0 Å². The Bertz CT molecular complexity index is 426. The molecule has 0 spiro atoms. The van der Waals surface area contributed by atoms with Crippen LogP contribution in [-0.4, -0.2) is 43.9 Å². The van der Waals surface area contributed by atoms with Gasteiger partial charge in [0.2, 0.25) is 0 Å². The topological polar surface area (TPSA) is 67.9 Å². The van der Waals surface area contributed by atoms with Gasteiger partial charge in [0.25, 0.3) is 11.8 Å². The molecule has 0 aromatic heterocycles. The molecule has 1 heterocycles. The standard InChI is InChI=1S/C12H14N2O4/c1-17-7-6-13-8-18-14-11(15)9-4-2-3-5-10(9)12(14)16/h2-5,13H,6-8H2,1H3. The minimum Gasteiger partial charge on any atom is -0.383 e. The smallest absolute Gasteiger partial charge is 0.285 e. The second-order valence-electron chi connectivity index (χ2n) is 3.72. The molecule has 1 aromatic carbocycles. The molecule has 0 radical (unpaired) electrons. The fourth-order valence-electron chi connectivity index (χ4n) is 1.64. The van der Waals surface area contributed by atoms with Crippen molar-refractivity contribution in [3.05, 3.63) is 35.4 Å². The van der Waals surface area contributed by atoms with Crippen LogP contribution >= 0.6 is 0 Å². The van der Waals surface area contributed by atoms with Gasteiger partial charge in [0.05, 0.1) is 17.7 Å². The molecule has 0 bridgehead atoms. The van der Waals surface area contributed by atoms with Crippen molar-refractivity contribution in [2.24, 2.45) is 0 Å². The SMILES string of the molecule is COCCNCON1C(=O)c2ccccc2C1=O. The Balaban J connectivity index is 1.93. The molecule has 0 fully saturated rings. The predicted octanol–water partition coefficient (Wildman–Crippen LogP) is 0.408. The first-order valence-electron chi connectivity index (χ1n) is 5.56. The summed E-state index contributed by atoms with van der Waals surface area (Å²) in [5.74, 6) is -0.853. The van der Waals surface area contributed by atoms with Gasteiger partial charge in [-0.3, -0.25) is 14.9 Å². The number of imide groups is 1. The van der Waals surface area contributed by atoms with Crippen molar-refractivity contribution in [3.63, 3.8) is 0 Å². The van der Waals surface area contributed by atoms with Crippen LogP contribution in [0.25, 0.3) is 0 Å². The van der Waals surface area contributed by atoms with E-state index in [1.165, 1.54) is 0 Å². The van der Waals surface area contributed by atoms with E-state index in [1.54, 1.807) is 31.4 Å². The van der Waals surface area contributed by atoms with Gasteiger partial charge in [0, 0.05) is 13.7 Å². The molecule has 1 aliphatic heterocycles. The molecule has 0 saturated heterocycles. The summed E-state index contributed by atoms with van der Waals surface area (Å²) in [6, 6.07) is 6.64. The molecule has 0 unspecified atom stereocenters. The summed E-state index contributed by atoms with van der Waals surface area (Å²) in [7, 11) is 1.59. The van der Waals surface area contributed by atoms with Crippen LogP contribution in [-0.2, 0) is 9.57 Å². The first-order valence-corrected chi connectivity index (χ1v) is 5.56. The van der Waals surface area contributed by atoms with Crippen LogP contribution in [0.15, 0.2) is 24.3 Å². The van der Waals surface area contributed by atoms with E-state index in [2.05, 4.69) is 5.32 Å². The maximum Gasteiger partial charge on any atom is 0.285 e. The number of carbonyl (C=O) groups excluding carboxylic acids is 2. The predicted molar refractivity (Wildman–Crippen MR) is 62.8 cm³/mol. The first-order chi connectivity index (χ1) is 8.75. The van der Waals surface area contributed by atoms with Gasteiger partial charge >= 0.3 is 0 Å². The Morgan fingerprint density at radius 3 is 2.33 bits per heavy atom. The Morgan fingerprint density at radius 1 is 1.17 bits per heavy atom. The molecule has 0 saturated carbocycles.